The van der Waals surface area contributed by atoms with Crippen LogP contribution in [0.5, 0.6) is 0 Å². The number of ether oxygens (including phenoxy) is 3. The maximum Gasteiger partial charge on any atom is 0.296 e. The van der Waals surface area contributed by atoms with E-state index in [0.29, 0.717) is 26.4 Å². The van der Waals surface area contributed by atoms with Gasteiger partial charge in [0.15, 0.2) is 0 Å². The number of nitrogens with one attached hydrogen (secondary N) is 1. The molecule has 1 fully saturated rings. The summed E-state index contributed by atoms with van der Waals surface area (Å²) in [7, 11) is 0. The smallest absolute Gasteiger partial charge is 0.296 e. The van der Waals surface area contributed by atoms with Crippen LogP contribution in [0.3, 0.4) is 0 Å². The maximum atomic E-state index is 5.44. The number of hydrogen-bond acceptors (Lipinski definition) is 4. The molecule has 0 aromatic carbocycles. The lowest BCUT2D eigenvalue weighted by Crippen LogP contribution is -2.53. The summed E-state index contributed by atoms with van der Waals surface area (Å²) in [5.74, 6) is -0.832. The molecule has 0 amide bonds. The molecule has 0 bridgehead atoms. The Bertz CT molecular complexity index is 108. The van der Waals surface area contributed by atoms with Crippen LogP contribution in [0.2, 0.25) is 0 Å². The lowest BCUT2D eigenvalue weighted by atomic mass is 10.4. The maximum absolute atomic E-state index is 5.44. The van der Waals surface area contributed by atoms with Crippen LogP contribution < -0.4 is 5.32 Å². The topological polar surface area (TPSA) is 39.7 Å². The highest BCUT2D eigenvalue weighted by atomic mass is 16.9. The van der Waals surface area contributed by atoms with Crippen LogP contribution in [0.4, 0.5) is 0 Å². The number of morpholine rings is 1. The SMILES string of the molecule is CCOC1(OCC)CNCCO1. The van der Waals surface area contributed by atoms with Gasteiger partial charge in [-0.1, -0.05) is 0 Å². The molecule has 1 aliphatic heterocycles. The first-order chi connectivity index (χ1) is 5.83. The molecule has 0 saturated carbocycles. The highest BCUT2D eigenvalue weighted by molar-refractivity contribution is 4.67. The molecule has 1 saturated heterocycles. The Balaban J connectivity index is 2.44. The Morgan fingerprint density at radius 2 is 2.00 bits per heavy atom. The highest BCUT2D eigenvalue weighted by Gasteiger charge is 2.34. The molecule has 1 aliphatic rings. The summed E-state index contributed by atoms with van der Waals surface area (Å²) in [6.45, 7) is 7.16. The van der Waals surface area contributed by atoms with Crippen molar-refractivity contribution in [1.29, 1.82) is 0 Å². The Kier molecular flexibility index (Phi) is 3.94. The van der Waals surface area contributed by atoms with Crippen LogP contribution in [-0.2, 0) is 14.2 Å². The van der Waals surface area contributed by atoms with Gasteiger partial charge in [0.1, 0.15) is 0 Å². The van der Waals surface area contributed by atoms with Gasteiger partial charge in [-0.2, -0.15) is 0 Å². The largest absolute Gasteiger partial charge is 0.327 e. The van der Waals surface area contributed by atoms with Gasteiger partial charge in [-0.3, -0.25) is 0 Å². The van der Waals surface area contributed by atoms with Gasteiger partial charge < -0.3 is 19.5 Å². The van der Waals surface area contributed by atoms with Gasteiger partial charge in [-0.25, -0.2) is 0 Å². The van der Waals surface area contributed by atoms with E-state index in [1.165, 1.54) is 0 Å². The molecule has 0 spiro atoms. The average Bonchev–Trinajstić information content (AvgIpc) is 2.07. The third-order valence-corrected chi connectivity index (χ3v) is 1.67. The second-order valence-corrected chi connectivity index (χ2v) is 2.57. The van der Waals surface area contributed by atoms with Crippen molar-refractivity contribution in [1.82, 2.24) is 5.32 Å². The van der Waals surface area contributed by atoms with Crippen molar-refractivity contribution in [2.24, 2.45) is 0 Å². The van der Waals surface area contributed by atoms with Gasteiger partial charge in [-0.05, 0) is 13.8 Å². The molecule has 4 nitrogen and oxygen atoms in total. The van der Waals surface area contributed by atoms with Gasteiger partial charge in [-0.15, -0.1) is 0 Å². The molecular weight excluding hydrogens is 158 g/mol. The molecule has 0 radical (unpaired) electrons. The van der Waals surface area contributed by atoms with Crippen LogP contribution in [-0.4, -0.2) is 38.9 Å². The van der Waals surface area contributed by atoms with Gasteiger partial charge >= 0.3 is 0 Å². The molecule has 0 unspecified atom stereocenters. The minimum atomic E-state index is -0.832. The van der Waals surface area contributed by atoms with Crippen LogP contribution in [0, 0.1) is 0 Å². The average molecular weight is 175 g/mol. The van der Waals surface area contributed by atoms with Crippen LogP contribution in [0.15, 0.2) is 0 Å². The van der Waals surface area contributed by atoms with Crippen molar-refractivity contribution in [2.75, 3.05) is 32.9 Å². The fourth-order valence-electron chi connectivity index (χ4n) is 1.24. The highest BCUT2D eigenvalue weighted by Crippen LogP contribution is 2.16. The summed E-state index contributed by atoms with van der Waals surface area (Å²) in [6, 6.07) is 0. The van der Waals surface area contributed by atoms with Crippen molar-refractivity contribution < 1.29 is 14.2 Å². The molecule has 0 atom stereocenters. The fraction of sp³-hybridized carbons (Fsp3) is 1.00. The zero-order valence-corrected chi connectivity index (χ0v) is 7.76. The van der Waals surface area contributed by atoms with Gasteiger partial charge in [0.2, 0.25) is 0 Å². The van der Waals surface area contributed by atoms with Crippen LogP contribution >= 0.6 is 0 Å². The molecule has 72 valence electrons. The van der Waals surface area contributed by atoms with Gasteiger partial charge in [0.05, 0.1) is 13.2 Å². The normalized spacial score (nSPS) is 22.5. The molecule has 1 N–H and O–H groups in total. The van der Waals surface area contributed by atoms with Crippen molar-refractivity contribution in [3.8, 4) is 0 Å². The minimum absolute atomic E-state index is 0.599. The Labute approximate surface area is 73.2 Å². The van der Waals surface area contributed by atoms with Crippen molar-refractivity contribution in [3.05, 3.63) is 0 Å². The van der Waals surface area contributed by atoms with Crippen LogP contribution in [0.1, 0.15) is 13.8 Å². The van der Waals surface area contributed by atoms with E-state index in [4.69, 9.17) is 14.2 Å². The first kappa shape index (κ1) is 9.92. The summed E-state index contributed by atoms with van der Waals surface area (Å²) in [6.07, 6.45) is 0. The van der Waals surface area contributed by atoms with Crippen molar-refractivity contribution >= 4 is 0 Å². The first-order valence-corrected chi connectivity index (χ1v) is 4.45. The first-order valence-electron chi connectivity index (χ1n) is 4.45. The van der Waals surface area contributed by atoms with Gasteiger partial charge in [0, 0.05) is 19.8 Å². The molecule has 4 heteroatoms. The minimum Gasteiger partial charge on any atom is -0.327 e. The number of hydrogen-bond donors (Lipinski definition) is 1. The van der Waals surface area contributed by atoms with E-state index in [1.807, 2.05) is 13.8 Å². The van der Waals surface area contributed by atoms with E-state index in [2.05, 4.69) is 5.32 Å². The standard InChI is InChI=1S/C8H17NO3/c1-3-10-8(11-4-2)7-9-5-6-12-8/h9H,3-7H2,1-2H3. The second kappa shape index (κ2) is 4.77. The third-order valence-electron chi connectivity index (χ3n) is 1.67. The predicted molar refractivity (Wildman–Crippen MR) is 44.8 cm³/mol. The lowest BCUT2D eigenvalue weighted by molar-refractivity contribution is -0.382. The van der Waals surface area contributed by atoms with E-state index < -0.39 is 5.97 Å². The zero-order chi connectivity index (χ0) is 8.86. The van der Waals surface area contributed by atoms with Crippen molar-refractivity contribution in [3.63, 3.8) is 0 Å². The summed E-state index contributed by atoms with van der Waals surface area (Å²) in [5.41, 5.74) is 0. The Morgan fingerprint density at radius 1 is 1.33 bits per heavy atom. The van der Waals surface area contributed by atoms with E-state index >= 15 is 0 Å². The molecular formula is C8H17NO3. The van der Waals surface area contributed by atoms with E-state index in [9.17, 15) is 0 Å². The van der Waals surface area contributed by atoms with Gasteiger partial charge in [0.25, 0.3) is 5.97 Å². The van der Waals surface area contributed by atoms with Crippen molar-refractivity contribution in [2.45, 2.75) is 19.8 Å². The molecule has 1 rings (SSSR count). The predicted octanol–water partition coefficient (Wildman–Crippen LogP) is 0.333. The molecule has 0 aromatic rings. The van der Waals surface area contributed by atoms with E-state index in [0.717, 1.165) is 6.54 Å². The lowest BCUT2D eigenvalue weighted by Gasteiger charge is -2.35. The summed E-state index contributed by atoms with van der Waals surface area (Å²) >= 11 is 0. The molecule has 1 heterocycles. The monoisotopic (exact) mass is 175 g/mol. The molecule has 0 aromatic heterocycles. The molecule has 0 aliphatic carbocycles. The summed E-state index contributed by atoms with van der Waals surface area (Å²) in [4.78, 5) is 0. The third kappa shape index (κ3) is 2.42. The Morgan fingerprint density at radius 3 is 2.42 bits per heavy atom. The molecule has 12 heavy (non-hydrogen) atoms. The Hall–Kier alpha value is -0.160. The second-order valence-electron chi connectivity index (χ2n) is 2.57. The summed E-state index contributed by atoms with van der Waals surface area (Å²) in [5, 5.41) is 3.17. The van der Waals surface area contributed by atoms with E-state index in [-0.39, 0.29) is 0 Å². The zero-order valence-electron chi connectivity index (χ0n) is 7.76. The fourth-order valence-corrected chi connectivity index (χ4v) is 1.24. The summed E-state index contributed by atoms with van der Waals surface area (Å²) < 4.78 is 16.2. The van der Waals surface area contributed by atoms with Crippen LogP contribution in [0.25, 0.3) is 0 Å². The quantitative estimate of drug-likeness (QED) is 0.625. The number of rotatable bonds is 4. The van der Waals surface area contributed by atoms with E-state index in [1.54, 1.807) is 0 Å².